The van der Waals surface area contributed by atoms with Gasteiger partial charge >= 0.3 is 0 Å². The molecule has 0 unspecified atom stereocenters. The molecule has 13 heavy (non-hydrogen) atoms. The number of rotatable bonds is 0. The minimum atomic E-state index is 0.521. The second-order valence-corrected chi connectivity index (χ2v) is 3.94. The maximum Gasteiger partial charge on any atom is 0.142 e. The van der Waals surface area contributed by atoms with E-state index in [1.54, 1.807) is 6.07 Å². The first-order chi connectivity index (χ1) is 6.24. The zero-order valence-corrected chi connectivity index (χ0v) is 8.94. The van der Waals surface area contributed by atoms with E-state index in [0.717, 1.165) is 16.5 Å². The fourth-order valence-electron chi connectivity index (χ4n) is 1.38. The number of nitrogens with zero attached hydrogens (tertiary/aromatic N) is 1. The van der Waals surface area contributed by atoms with Crippen molar-refractivity contribution >= 4 is 27.5 Å². The van der Waals surface area contributed by atoms with Crippen LogP contribution in [-0.4, -0.2) is 6.61 Å². The monoisotopic (exact) mass is 257 g/mol. The van der Waals surface area contributed by atoms with E-state index in [4.69, 9.17) is 21.6 Å². The number of ether oxygens (including phenoxy) is 1. The van der Waals surface area contributed by atoms with Crippen molar-refractivity contribution in [2.45, 2.75) is 6.42 Å². The van der Waals surface area contributed by atoms with Gasteiger partial charge < -0.3 is 4.74 Å². The fraction of sp³-hybridized carbons (Fsp3) is 0.222. The highest BCUT2D eigenvalue weighted by Gasteiger charge is 2.21. The van der Waals surface area contributed by atoms with Gasteiger partial charge in [-0.1, -0.05) is 11.6 Å². The van der Waals surface area contributed by atoms with Crippen LogP contribution in [-0.2, 0) is 6.42 Å². The first kappa shape index (κ1) is 8.86. The third kappa shape index (κ3) is 1.31. The van der Waals surface area contributed by atoms with E-state index >= 15 is 0 Å². The summed E-state index contributed by atoms with van der Waals surface area (Å²) in [5.41, 5.74) is 1.57. The molecule has 0 amide bonds. The minimum absolute atomic E-state index is 0.521. The molecule has 2 nitrogen and oxygen atoms in total. The number of halogens is 2. The van der Waals surface area contributed by atoms with E-state index in [0.29, 0.717) is 22.9 Å². The molecule has 0 aliphatic carbocycles. The standard InChI is InChI=1S/C9H5BrClNO/c10-8-5(4-12)3-7(11)9-6(8)1-2-13-9/h3H,1-2H2. The van der Waals surface area contributed by atoms with Crippen molar-refractivity contribution in [1.29, 1.82) is 5.26 Å². The molecular formula is C9H5BrClNO. The van der Waals surface area contributed by atoms with Crippen LogP contribution in [0.15, 0.2) is 10.5 Å². The molecule has 0 spiro atoms. The molecule has 0 saturated heterocycles. The van der Waals surface area contributed by atoms with E-state index in [2.05, 4.69) is 22.0 Å². The van der Waals surface area contributed by atoms with Gasteiger partial charge in [0, 0.05) is 16.5 Å². The van der Waals surface area contributed by atoms with Crippen molar-refractivity contribution < 1.29 is 4.74 Å². The molecule has 2 rings (SSSR count). The molecule has 0 saturated carbocycles. The van der Waals surface area contributed by atoms with Crippen LogP contribution in [0, 0.1) is 11.3 Å². The first-order valence-electron chi connectivity index (χ1n) is 3.78. The van der Waals surface area contributed by atoms with Crippen LogP contribution in [0.4, 0.5) is 0 Å². The molecule has 0 aromatic heterocycles. The summed E-state index contributed by atoms with van der Waals surface area (Å²) in [6, 6.07) is 3.70. The van der Waals surface area contributed by atoms with Gasteiger partial charge in [0.05, 0.1) is 17.2 Å². The molecule has 0 atom stereocenters. The Bertz CT molecular complexity index is 411. The van der Waals surface area contributed by atoms with Gasteiger partial charge in [-0.15, -0.1) is 0 Å². The van der Waals surface area contributed by atoms with Gasteiger partial charge in [0.25, 0.3) is 0 Å². The Morgan fingerprint density at radius 3 is 3.08 bits per heavy atom. The Morgan fingerprint density at radius 1 is 1.62 bits per heavy atom. The summed E-state index contributed by atoms with van der Waals surface area (Å²) < 4.78 is 6.15. The summed E-state index contributed by atoms with van der Waals surface area (Å²) in [6.07, 6.45) is 0.811. The highest BCUT2D eigenvalue weighted by Crippen LogP contribution is 2.40. The summed E-state index contributed by atoms with van der Waals surface area (Å²) in [5, 5.41) is 9.32. The molecule has 66 valence electrons. The smallest absolute Gasteiger partial charge is 0.142 e. The lowest BCUT2D eigenvalue weighted by Gasteiger charge is -2.04. The predicted molar refractivity (Wildman–Crippen MR) is 53.1 cm³/mol. The van der Waals surface area contributed by atoms with Crippen LogP contribution >= 0.6 is 27.5 Å². The van der Waals surface area contributed by atoms with Gasteiger partial charge in [0.2, 0.25) is 0 Å². The van der Waals surface area contributed by atoms with Crippen molar-refractivity contribution in [3.8, 4) is 11.8 Å². The Kier molecular flexibility index (Phi) is 2.19. The molecule has 0 N–H and O–H groups in total. The molecular weight excluding hydrogens is 253 g/mol. The van der Waals surface area contributed by atoms with Gasteiger partial charge in [0.1, 0.15) is 11.8 Å². The molecule has 1 aromatic carbocycles. The van der Waals surface area contributed by atoms with E-state index < -0.39 is 0 Å². The number of hydrogen-bond donors (Lipinski definition) is 0. The van der Waals surface area contributed by atoms with Gasteiger partial charge in [-0.25, -0.2) is 0 Å². The average Bonchev–Trinajstić information content (AvgIpc) is 2.60. The van der Waals surface area contributed by atoms with Crippen molar-refractivity contribution in [1.82, 2.24) is 0 Å². The Labute approximate surface area is 89.2 Å². The largest absolute Gasteiger partial charge is 0.491 e. The van der Waals surface area contributed by atoms with Gasteiger partial charge in [-0.3, -0.25) is 0 Å². The first-order valence-corrected chi connectivity index (χ1v) is 4.95. The van der Waals surface area contributed by atoms with Crippen LogP contribution in [0.5, 0.6) is 5.75 Å². The normalized spacial score (nSPS) is 13.3. The SMILES string of the molecule is N#Cc1cc(Cl)c2c(c1Br)CCO2. The van der Waals surface area contributed by atoms with Crippen LogP contribution in [0.2, 0.25) is 5.02 Å². The van der Waals surface area contributed by atoms with E-state index in [-0.39, 0.29) is 0 Å². The van der Waals surface area contributed by atoms with Crippen molar-refractivity contribution in [2.24, 2.45) is 0 Å². The van der Waals surface area contributed by atoms with Gasteiger partial charge in [0.15, 0.2) is 0 Å². The third-order valence-corrected chi connectivity index (χ3v) is 3.17. The lowest BCUT2D eigenvalue weighted by Crippen LogP contribution is -1.86. The summed E-state index contributed by atoms with van der Waals surface area (Å²) >= 11 is 9.29. The molecule has 1 aliphatic rings. The molecule has 0 fully saturated rings. The van der Waals surface area contributed by atoms with Crippen LogP contribution < -0.4 is 4.74 Å². The highest BCUT2D eigenvalue weighted by molar-refractivity contribution is 9.10. The zero-order chi connectivity index (χ0) is 9.42. The number of nitriles is 1. The summed E-state index contributed by atoms with van der Waals surface area (Å²) in [6.45, 7) is 0.641. The van der Waals surface area contributed by atoms with E-state index in [1.165, 1.54) is 0 Å². The number of hydrogen-bond acceptors (Lipinski definition) is 2. The lowest BCUT2D eigenvalue weighted by atomic mass is 10.1. The second-order valence-electron chi connectivity index (χ2n) is 2.74. The molecule has 1 aromatic rings. The highest BCUT2D eigenvalue weighted by atomic mass is 79.9. The maximum atomic E-state index is 8.79. The third-order valence-electron chi connectivity index (χ3n) is 1.98. The minimum Gasteiger partial charge on any atom is -0.491 e. The average molecular weight is 259 g/mol. The van der Waals surface area contributed by atoms with E-state index in [9.17, 15) is 0 Å². The van der Waals surface area contributed by atoms with Crippen molar-refractivity contribution in [2.75, 3.05) is 6.61 Å². The van der Waals surface area contributed by atoms with Crippen LogP contribution in [0.1, 0.15) is 11.1 Å². The molecule has 0 bridgehead atoms. The fourth-order valence-corrected chi connectivity index (χ4v) is 2.24. The van der Waals surface area contributed by atoms with Gasteiger partial charge in [-0.05, 0) is 22.0 Å². The van der Waals surface area contributed by atoms with E-state index in [1.807, 2.05) is 0 Å². The maximum absolute atomic E-state index is 8.79. The second kappa shape index (κ2) is 3.21. The lowest BCUT2D eigenvalue weighted by molar-refractivity contribution is 0.357. The quantitative estimate of drug-likeness (QED) is 0.717. The Morgan fingerprint density at radius 2 is 2.38 bits per heavy atom. The van der Waals surface area contributed by atoms with Crippen molar-refractivity contribution in [3.05, 3.63) is 26.7 Å². The summed E-state index contributed by atoms with van der Waals surface area (Å²) in [5.74, 6) is 0.715. The Balaban J connectivity index is 2.71. The van der Waals surface area contributed by atoms with Gasteiger partial charge in [-0.2, -0.15) is 5.26 Å². The molecule has 1 aliphatic heterocycles. The summed E-state index contributed by atoms with van der Waals surface area (Å²) in [4.78, 5) is 0. The van der Waals surface area contributed by atoms with Crippen molar-refractivity contribution in [3.63, 3.8) is 0 Å². The number of benzene rings is 1. The molecule has 1 heterocycles. The van der Waals surface area contributed by atoms with Crippen LogP contribution in [0.25, 0.3) is 0 Å². The topological polar surface area (TPSA) is 33.0 Å². The number of fused-ring (bicyclic) bond motifs is 1. The van der Waals surface area contributed by atoms with Crippen LogP contribution in [0.3, 0.4) is 0 Å². The Hall–Kier alpha value is -0.720. The molecule has 4 heteroatoms. The molecule has 0 radical (unpaired) electrons. The summed E-state index contributed by atoms with van der Waals surface area (Å²) in [7, 11) is 0. The predicted octanol–water partition coefficient (Wildman–Crippen LogP) is 2.91. The zero-order valence-electron chi connectivity index (χ0n) is 6.60.